The lowest BCUT2D eigenvalue weighted by Crippen LogP contribution is -2.52. The van der Waals surface area contributed by atoms with Gasteiger partial charge in [-0.2, -0.15) is 5.06 Å². The molecule has 1 N–H and O–H groups in total. The van der Waals surface area contributed by atoms with Gasteiger partial charge in [0.2, 0.25) is 11.6 Å². The summed E-state index contributed by atoms with van der Waals surface area (Å²) in [5, 5.41) is 25.7. The molecule has 1 aromatic carbocycles. The quantitative estimate of drug-likeness (QED) is 0.853. The predicted octanol–water partition coefficient (Wildman–Crippen LogP) is 2.04. The summed E-state index contributed by atoms with van der Waals surface area (Å²) in [6.45, 7) is 7.17. The lowest BCUT2D eigenvalue weighted by molar-refractivity contribution is -0.182. The lowest BCUT2D eigenvalue weighted by atomic mass is 9.84. The van der Waals surface area contributed by atoms with E-state index in [0.717, 1.165) is 21.4 Å². The molecule has 1 saturated heterocycles. The highest BCUT2D eigenvalue weighted by Crippen LogP contribution is 2.44. The lowest BCUT2D eigenvalue weighted by Gasteiger charge is -2.36. The third kappa shape index (κ3) is 2.17. The Morgan fingerprint density at radius 2 is 1.62 bits per heavy atom. The number of nitrogens with zero attached hydrogens (tertiary/aromatic N) is 5. The first kappa shape index (κ1) is 16.7. The molecule has 1 radical (unpaired) electrons. The van der Waals surface area contributed by atoms with Gasteiger partial charge in [0.25, 0.3) is 0 Å². The zero-order chi connectivity index (χ0) is 18.7. The smallest absolute Gasteiger partial charge is 0.202 e. The van der Waals surface area contributed by atoms with E-state index in [1.54, 1.807) is 27.7 Å². The van der Waals surface area contributed by atoms with E-state index in [1.807, 2.05) is 42.5 Å². The van der Waals surface area contributed by atoms with Crippen molar-refractivity contribution < 1.29 is 10.4 Å². The maximum absolute atomic E-state index is 12.8. The van der Waals surface area contributed by atoms with Gasteiger partial charge in [0, 0.05) is 5.56 Å². The molecule has 0 aliphatic carbocycles. The fourth-order valence-corrected chi connectivity index (χ4v) is 3.03. The van der Waals surface area contributed by atoms with Crippen LogP contribution in [0.3, 0.4) is 0 Å². The van der Waals surface area contributed by atoms with Crippen molar-refractivity contribution in [3.05, 3.63) is 65.0 Å². The summed E-state index contributed by atoms with van der Waals surface area (Å²) in [5.41, 5.74) is 0.565. The van der Waals surface area contributed by atoms with E-state index in [1.165, 1.54) is 0 Å². The molecule has 0 unspecified atom stereocenters. The number of benzene rings is 1. The maximum Gasteiger partial charge on any atom is 0.202 e. The van der Waals surface area contributed by atoms with E-state index in [2.05, 4.69) is 15.0 Å². The first-order valence-corrected chi connectivity index (χ1v) is 8.44. The van der Waals surface area contributed by atoms with Gasteiger partial charge in [-0.15, -0.1) is 0 Å². The number of fused-ring (bicyclic) bond motifs is 1. The Hall–Kier alpha value is -2.77. The van der Waals surface area contributed by atoms with Crippen molar-refractivity contribution >= 4 is 0 Å². The molecule has 2 aliphatic heterocycles. The van der Waals surface area contributed by atoms with Gasteiger partial charge in [-0.25, -0.2) is 20.0 Å². The van der Waals surface area contributed by atoms with Crippen LogP contribution in [-0.2, 0) is 5.21 Å². The normalized spacial score (nSPS) is 22.8. The highest BCUT2D eigenvalue weighted by molar-refractivity contribution is 5.58. The SMILES string of the molecule is CC1(C)N([O])/C(=C2\N=c3ccc(-c4ccccc4)nc3=N2)N(O)C1(C)C. The van der Waals surface area contributed by atoms with Crippen LogP contribution in [0.15, 0.2) is 64.1 Å². The van der Waals surface area contributed by atoms with Crippen LogP contribution in [-0.4, -0.2) is 31.4 Å². The molecule has 26 heavy (non-hydrogen) atoms. The summed E-state index contributed by atoms with van der Waals surface area (Å²) in [6.07, 6.45) is 0. The Labute approximate surface area is 151 Å². The second-order valence-corrected chi connectivity index (χ2v) is 7.50. The van der Waals surface area contributed by atoms with Crippen LogP contribution in [0.4, 0.5) is 0 Å². The molecule has 7 nitrogen and oxygen atoms in total. The number of rotatable bonds is 1. The predicted molar refractivity (Wildman–Crippen MR) is 93.3 cm³/mol. The minimum atomic E-state index is -0.841. The summed E-state index contributed by atoms with van der Waals surface area (Å²) in [4.78, 5) is 13.4. The number of hydrogen-bond acceptors (Lipinski definition) is 6. The van der Waals surface area contributed by atoms with Crippen LogP contribution in [0, 0.1) is 0 Å². The molecule has 0 atom stereocenters. The van der Waals surface area contributed by atoms with E-state index in [4.69, 9.17) is 0 Å². The van der Waals surface area contributed by atoms with Crippen molar-refractivity contribution in [2.45, 2.75) is 38.8 Å². The number of hydrogen-bond donors (Lipinski definition) is 1. The maximum atomic E-state index is 12.8. The van der Waals surface area contributed by atoms with Gasteiger partial charge in [0.15, 0.2) is 5.49 Å². The van der Waals surface area contributed by atoms with Crippen LogP contribution in [0.1, 0.15) is 27.7 Å². The van der Waals surface area contributed by atoms with Gasteiger partial charge in [-0.1, -0.05) is 35.5 Å². The number of pyridine rings is 1. The second kappa shape index (κ2) is 5.36. The van der Waals surface area contributed by atoms with Crippen molar-refractivity contribution in [1.29, 1.82) is 0 Å². The molecular weight excluding hydrogens is 330 g/mol. The molecule has 0 amide bonds. The summed E-state index contributed by atoms with van der Waals surface area (Å²) in [5.74, 6) is 0.216. The van der Waals surface area contributed by atoms with Crippen molar-refractivity contribution in [2.24, 2.45) is 9.98 Å². The van der Waals surface area contributed by atoms with Gasteiger partial charge in [-0.05, 0) is 39.8 Å². The van der Waals surface area contributed by atoms with Crippen molar-refractivity contribution in [2.75, 3.05) is 0 Å². The van der Waals surface area contributed by atoms with Gasteiger partial charge in [0.05, 0.1) is 16.8 Å². The summed E-state index contributed by atoms with van der Waals surface area (Å²) in [6, 6.07) is 13.5. The van der Waals surface area contributed by atoms with E-state index in [0.29, 0.717) is 10.8 Å². The second-order valence-electron chi connectivity index (χ2n) is 7.50. The molecule has 0 saturated carbocycles. The van der Waals surface area contributed by atoms with E-state index in [9.17, 15) is 10.4 Å². The van der Waals surface area contributed by atoms with Crippen LogP contribution in [0.25, 0.3) is 11.3 Å². The Bertz CT molecular complexity index is 1010. The van der Waals surface area contributed by atoms with Crippen LogP contribution < -0.4 is 10.8 Å². The zero-order valence-electron chi connectivity index (χ0n) is 15.1. The first-order chi connectivity index (χ1) is 12.2. The van der Waals surface area contributed by atoms with Gasteiger partial charge in [-0.3, -0.25) is 5.21 Å². The molecule has 0 spiro atoms. The number of hydroxylamine groups is 4. The molecule has 1 aromatic heterocycles. The van der Waals surface area contributed by atoms with Crippen molar-refractivity contribution in [3.63, 3.8) is 0 Å². The van der Waals surface area contributed by atoms with Crippen LogP contribution in [0.5, 0.6) is 0 Å². The molecular formula is C19H20N5O2. The molecule has 1 fully saturated rings. The molecule has 2 aliphatic rings. The Balaban J connectivity index is 1.85. The van der Waals surface area contributed by atoms with Gasteiger partial charge < -0.3 is 0 Å². The topological polar surface area (TPSA) is 84.2 Å². The average Bonchev–Trinajstić information content (AvgIpc) is 3.08. The third-order valence-corrected chi connectivity index (χ3v) is 5.49. The summed E-state index contributed by atoms with van der Waals surface area (Å²) < 4.78 is 0. The fourth-order valence-electron chi connectivity index (χ4n) is 3.03. The molecule has 0 bridgehead atoms. The van der Waals surface area contributed by atoms with Crippen molar-refractivity contribution in [1.82, 2.24) is 15.1 Å². The van der Waals surface area contributed by atoms with E-state index >= 15 is 0 Å². The van der Waals surface area contributed by atoms with Gasteiger partial charge >= 0.3 is 0 Å². The zero-order valence-corrected chi connectivity index (χ0v) is 15.1. The highest BCUT2D eigenvalue weighted by atomic mass is 16.6. The summed E-state index contributed by atoms with van der Waals surface area (Å²) >= 11 is 0. The van der Waals surface area contributed by atoms with Crippen LogP contribution in [0.2, 0.25) is 0 Å². The van der Waals surface area contributed by atoms with E-state index in [-0.39, 0.29) is 11.6 Å². The van der Waals surface area contributed by atoms with Gasteiger partial charge in [0.1, 0.15) is 5.36 Å². The third-order valence-electron chi connectivity index (χ3n) is 5.49. The Kier molecular flexibility index (Phi) is 3.44. The van der Waals surface area contributed by atoms with Crippen molar-refractivity contribution in [3.8, 4) is 11.3 Å². The highest BCUT2D eigenvalue weighted by Gasteiger charge is 2.57. The minimum Gasteiger partial charge on any atom is -0.286 e. The standard InChI is InChI=1S/C19H20N5O2/c1-18(2)19(3,4)24(26)17(23(18)25)16-21-14-11-10-13(20-15(14)22-16)12-8-6-5-7-9-12/h5-11,25H,1-4H3/b17-16+. The Morgan fingerprint density at radius 3 is 2.23 bits per heavy atom. The fraction of sp³-hybridized carbons (Fsp3) is 0.316. The molecule has 2 aromatic rings. The molecule has 3 heterocycles. The largest absolute Gasteiger partial charge is 0.286 e. The van der Waals surface area contributed by atoms with E-state index < -0.39 is 11.1 Å². The van der Waals surface area contributed by atoms with Crippen LogP contribution >= 0.6 is 0 Å². The minimum absolute atomic E-state index is 0.0410. The molecule has 4 rings (SSSR count). The average molecular weight is 350 g/mol. The Morgan fingerprint density at radius 1 is 0.923 bits per heavy atom. The monoisotopic (exact) mass is 350 g/mol. The summed E-state index contributed by atoms with van der Waals surface area (Å²) in [7, 11) is 0. The molecule has 133 valence electrons. The first-order valence-electron chi connectivity index (χ1n) is 8.44. The molecule has 7 heteroatoms. The number of aromatic nitrogens is 1.